The first-order valence-electron chi connectivity index (χ1n) is 21.4. The fourth-order valence-electron chi connectivity index (χ4n) is 6.44. The molecule has 2 aliphatic heterocycles. The summed E-state index contributed by atoms with van der Waals surface area (Å²) in [6, 6.07) is 21.6. The number of aromatic nitrogens is 1. The van der Waals surface area contributed by atoms with Gasteiger partial charge in [0, 0.05) is 170 Å². The van der Waals surface area contributed by atoms with Crippen molar-refractivity contribution in [1.82, 2.24) is 9.88 Å². The van der Waals surface area contributed by atoms with Gasteiger partial charge in [0.25, 0.3) is 0 Å². The number of rotatable bonds is 4. The van der Waals surface area contributed by atoms with Crippen molar-refractivity contribution in [2.24, 2.45) is 0 Å². The largest absolute Gasteiger partial charge is 0.493 e. The Hall–Kier alpha value is -11.6. The topological polar surface area (TPSA) is 37.5 Å². The van der Waals surface area contributed by atoms with Crippen molar-refractivity contribution in [2.75, 3.05) is 13.7 Å². The summed E-state index contributed by atoms with van der Waals surface area (Å²) in [5.74, 6) is 98.5. The van der Waals surface area contributed by atoms with Crippen LogP contribution in [0.1, 0.15) is 40.9 Å². The minimum atomic E-state index is 0.367. The van der Waals surface area contributed by atoms with Gasteiger partial charge in [0.05, 0.1) is 7.11 Å². The van der Waals surface area contributed by atoms with Gasteiger partial charge in [0.1, 0.15) is 6.61 Å². The highest BCUT2D eigenvalue weighted by atomic mass is 79.9. The lowest BCUT2D eigenvalue weighted by atomic mass is 9.85. The van der Waals surface area contributed by atoms with Gasteiger partial charge in [0.2, 0.25) is 0 Å². The van der Waals surface area contributed by atoms with E-state index >= 15 is 0 Å². The number of ether oxygens (including phenoxy) is 2. The van der Waals surface area contributed by atoms with Crippen LogP contribution >= 0.6 is 15.9 Å². The van der Waals surface area contributed by atoms with E-state index < -0.39 is 0 Å². The summed E-state index contributed by atoms with van der Waals surface area (Å²) in [6.45, 7) is 4.24. The Bertz CT molecular complexity index is 4190. The van der Waals surface area contributed by atoms with Gasteiger partial charge in [0.15, 0.2) is 11.5 Å². The van der Waals surface area contributed by atoms with Gasteiger partial charge >= 0.3 is 0 Å². The molecule has 0 saturated heterocycles. The van der Waals surface area contributed by atoms with Crippen molar-refractivity contribution < 1.29 is 9.47 Å². The second-order valence-corrected chi connectivity index (χ2v) is 14.6. The number of terminal acetylenes is 1. The van der Waals surface area contributed by atoms with Crippen molar-refractivity contribution in [3.05, 3.63) is 93.1 Å². The average Bonchev–Trinajstić information content (AvgIpc) is 3.76. The lowest BCUT2D eigenvalue weighted by Gasteiger charge is -2.40. The van der Waals surface area contributed by atoms with Crippen molar-refractivity contribution in [1.29, 1.82) is 0 Å². The Balaban J connectivity index is 0.000000276. The lowest BCUT2D eigenvalue weighted by Crippen LogP contribution is -2.39. The van der Waals surface area contributed by atoms with Gasteiger partial charge in [-0.15, -0.1) is 6.42 Å². The quantitative estimate of drug-likeness (QED) is 0.227. The SMILES string of the molecule is C#CC#CC#CC#CC#CC#CC#CC#CC#CC#CC#CC#CC#CC#CC#CC#CC#CC#CC#CC#CC.COc1cc2c(cc1OCc1ccccc1)CCN1Cc3[nH]c4cc(Br)ccc4c3CC21. The zero-order valence-corrected chi connectivity index (χ0v) is 40.7. The first kappa shape index (κ1) is 52.4. The smallest absolute Gasteiger partial charge is 0.161 e. The van der Waals surface area contributed by atoms with E-state index in [0.29, 0.717) is 12.6 Å². The molecule has 0 spiro atoms. The standard InChI is InChI=1S/C41H4.C27H25BrN2O2/c1-3-5-7-9-11-13-15-17-19-21-23-25-27-29-31-33-35-37-39-41-40-38-36-34-32-30-28-26-24-22-20-18-16-14-12-10-8-6-4-2;1-31-26-14-21-18(11-27(26)32-16-17-5-3-2-4-6-17)9-10-30-15-24-22(13-25(21)30)20-8-7-19(28)12-23(20)29-24/h1H,2H3;2-8,11-12,14,25,29H,9-10,13,15-16H2,1H3. The van der Waals surface area contributed by atoms with E-state index in [9.17, 15) is 0 Å². The van der Waals surface area contributed by atoms with Gasteiger partial charge < -0.3 is 14.5 Å². The third-order valence-corrected chi connectivity index (χ3v) is 9.79. The van der Waals surface area contributed by atoms with Gasteiger partial charge in [-0.1, -0.05) is 58.2 Å². The molecular formula is C68H29BrN2O2. The maximum absolute atomic E-state index is 6.18. The predicted octanol–water partition coefficient (Wildman–Crippen LogP) is 6.88. The number of fused-ring (bicyclic) bond motifs is 6. The number of halogens is 1. The summed E-state index contributed by atoms with van der Waals surface area (Å²) >= 11 is 3.60. The van der Waals surface area contributed by atoms with Crippen LogP contribution in [0.25, 0.3) is 10.9 Å². The Morgan fingerprint density at radius 1 is 0.562 bits per heavy atom. The molecule has 73 heavy (non-hydrogen) atoms. The number of aromatic amines is 1. The second-order valence-electron chi connectivity index (χ2n) is 13.7. The van der Waals surface area contributed by atoms with E-state index in [1.165, 1.54) is 33.3 Å². The van der Waals surface area contributed by atoms with Crippen LogP contribution in [0.4, 0.5) is 0 Å². The maximum Gasteiger partial charge on any atom is 0.161 e. The molecule has 0 aliphatic carbocycles. The van der Waals surface area contributed by atoms with E-state index in [-0.39, 0.29) is 0 Å². The molecule has 5 heteroatoms. The lowest BCUT2D eigenvalue weighted by molar-refractivity contribution is 0.158. The van der Waals surface area contributed by atoms with E-state index in [0.717, 1.165) is 47.5 Å². The summed E-state index contributed by atoms with van der Waals surface area (Å²) in [4.78, 5) is 6.26. The summed E-state index contributed by atoms with van der Waals surface area (Å²) in [6.07, 6.45) is 6.97. The minimum Gasteiger partial charge on any atom is -0.493 e. The molecule has 0 amide bonds. The highest BCUT2D eigenvalue weighted by Gasteiger charge is 2.34. The van der Waals surface area contributed by atoms with Crippen LogP contribution in [0.2, 0.25) is 0 Å². The molecule has 1 N–H and O–H groups in total. The molecule has 6 rings (SSSR count). The molecule has 4 nitrogen and oxygen atoms in total. The summed E-state index contributed by atoms with van der Waals surface area (Å²) < 4.78 is 13.1. The molecule has 0 bridgehead atoms. The highest BCUT2D eigenvalue weighted by molar-refractivity contribution is 9.10. The van der Waals surface area contributed by atoms with Crippen LogP contribution in [0.15, 0.2) is 65.1 Å². The first-order chi connectivity index (χ1) is 36.1. The fraction of sp³-hybridized carbons (Fsp3) is 0.118. The van der Waals surface area contributed by atoms with Crippen LogP contribution in [-0.2, 0) is 26.0 Å². The summed E-state index contributed by atoms with van der Waals surface area (Å²) in [5, 5.41) is 1.34. The van der Waals surface area contributed by atoms with Crippen LogP contribution in [0, 0.1) is 237 Å². The van der Waals surface area contributed by atoms with E-state index in [1.54, 1.807) is 14.0 Å². The molecule has 330 valence electrons. The number of nitrogens with zero attached hydrogens (tertiary/aromatic N) is 1. The minimum absolute atomic E-state index is 0.367. The zero-order valence-electron chi connectivity index (χ0n) is 39.1. The molecule has 0 radical (unpaired) electrons. The Labute approximate surface area is 438 Å². The number of nitrogens with one attached hydrogen (secondary N) is 1. The first-order valence-corrected chi connectivity index (χ1v) is 22.2. The predicted molar refractivity (Wildman–Crippen MR) is 293 cm³/mol. The summed E-state index contributed by atoms with van der Waals surface area (Å²) in [7, 11) is 1.73. The van der Waals surface area contributed by atoms with E-state index in [4.69, 9.17) is 15.9 Å². The molecule has 1 aromatic heterocycles. The van der Waals surface area contributed by atoms with Crippen molar-refractivity contribution in [2.45, 2.75) is 39.0 Å². The number of methoxy groups -OCH3 is 1. The molecule has 3 heterocycles. The van der Waals surface area contributed by atoms with Gasteiger partial charge in [-0.3, -0.25) is 4.90 Å². The number of hydrogen-bond acceptors (Lipinski definition) is 3. The second kappa shape index (κ2) is 32.2. The van der Waals surface area contributed by atoms with Gasteiger partial charge in [-0.2, -0.15) is 0 Å². The van der Waals surface area contributed by atoms with Crippen LogP contribution in [0.3, 0.4) is 0 Å². The van der Waals surface area contributed by atoms with E-state index in [1.807, 2.05) is 18.2 Å². The van der Waals surface area contributed by atoms with Gasteiger partial charge in [-0.25, -0.2) is 0 Å². The average molecular weight is 986 g/mol. The number of hydrogen-bond donors (Lipinski definition) is 1. The Morgan fingerprint density at radius 3 is 1.45 bits per heavy atom. The third kappa shape index (κ3) is 19.3. The van der Waals surface area contributed by atoms with Crippen LogP contribution in [0.5, 0.6) is 11.5 Å². The Kier molecular flexibility index (Phi) is 23.1. The molecular weight excluding hydrogens is 957 g/mol. The van der Waals surface area contributed by atoms with Crippen molar-refractivity contribution >= 4 is 26.8 Å². The molecule has 3 aromatic carbocycles. The molecule has 0 saturated carbocycles. The highest BCUT2D eigenvalue weighted by Crippen LogP contribution is 2.44. The van der Waals surface area contributed by atoms with E-state index in [2.05, 4.69) is 299 Å². The van der Waals surface area contributed by atoms with Crippen LogP contribution < -0.4 is 9.47 Å². The van der Waals surface area contributed by atoms with Crippen molar-refractivity contribution in [3.8, 4) is 249 Å². The maximum atomic E-state index is 6.18. The van der Waals surface area contributed by atoms with Crippen molar-refractivity contribution in [3.63, 3.8) is 0 Å². The normalized spacial score (nSPS) is 9.86. The zero-order chi connectivity index (χ0) is 51.2. The molecule has 0 fully saturated rings. The monoisotopic (exact) mass is 984 g/mol. The fourth-order valence-corrected chi connectivity index (χ4v) is 6.80. The molecule has 4 aromatic rings. The molecule has 2 aliphatic rings. The summed E-state index contributed by atoms with van der Waals surface area (Å²) in [5.41, 5.74) is 7.92. The number of H-pyrrole nitrogens is 1. The molecule has 1 unspecified atom stereocenters. The number of benzene rings is 3. The molecule has 1 atom stereocenters. The van der Waals surface area contributed by atoms with Gasteiger partial charge in [-0.05, 0) is 161 Å². The Morgan fingerprint density at radius 2 is 1.01 bits per heavy atom. The van der Waals surface area contributed by atoms with Crippen LogP contribution in [-0.4, -0.2) is 23.5 Å². The third-order valence-electron chi connectivity index (χ3n) is 9.29.